The Kier molecular flexibility index (Phi) is 10.6. The largest absolute Gasteiger partial charge is 0.496 e. The molecule has 4 heterocycles. The van der Waals surface area contributed by atoms with Crippen LogP contribution in [0.3, 0.4) is 0 Å². The first-order valence-corrected chi connectivity index (χ1v) is 18.1. The smallest absolute Gasteiger partial charge is 0.453 e. The van der Waals surface area contributed by atoms with Gasteiger partial charge in [0.1, 0.15) is 5.75 Å². The molecule has 0 bridgehead atoms. The zero-order valence-electron chi connectivity index (χ0n) is 29.9. The number of benzene rings is 3. The lowest BCUT2D eigenvalue weighted by molar-refractivity contribution is -0.146. The number of amides is 1. The van der Waals surface area contributed by atoms with Crippen molar-refractivity contribution in [2.24, 2.45) is 0 Å². The molecule has 0 saturated carbocycles. The first kappa shape index (κ1) is 36.3. The molecule has 3 aromatic carbocycles. The van der Waals surface area contributed by atoms with E-state index in [0.717, 1.165) is 68.8 Å². The highest BCUT2D eigenvalue weighted by Crippen LogP contribution is 2.40. The van der Waals surface area contributed by atoms with Gasteiger partial charge >= 0.3 is 6.18 Å². The van der Waals surface area contributed by atoms with E-state index in [0.29, 0.717) is 37.0 Å². The van der Waals surface area contributed by atoms with E-state index in [1.54, 1.807) is 4.90 Å². The second-order valence-corrected chi connectivity index (χ2v) is 13.7. The number of imidazole rings is 1. The molecule has 1 atom stereocenters. The monoisotopic (exact) mass is 731 g/mol. The number of ether oxygens (including phenoxy) is 2. The number of carbonyl (C=O) groups excluding carboxylic acids is 1. The second-order valence-electron chi connectivity index (χ2n) is 13.7. The topological polar surface area (TPSA) is 115 Å². The van der Waals surface area contributed by atoms with E-state index < -0.39 is 12.0 Å². The Bertz CT molecular complexity index is 2010. The van der Waals surface area contributed by atoms with E-state index in [2.05, 4.69) is 48.5 Å². The normalized spacial score (nSPS) is 18.5. The van der Waals surface area contributed by atoms with Crippen LogP contribution in [0.5, 0.6) is 5.75 Å². The number of aromatic nitrogens is 6. The van der Waals surface area contributed by atoms with Crippen molar-refractivity contribution in [1.82, 2.24) is 39.6 Å². The molecule has 280 valence electrons. The van der Waals surface area contributed by atoms with Crippen LogP contribution in [-0.2, 0) is 22.9 Å². The molecule has 2 fully saturated rings. The van der Waals surface area contributed by atoms with Gasteiger partial charge in [-0.2, -0.15) is 17.9 Å². The molecule has 5 aromatic rings. The number of piperidine rings is 1. The van der Waals surface area contributed by atoms with E-state index in [4.69, 9.17) is 14.5 Å². The average molecular weight is 732 g/mol. The number of hydrogen-bond acceptors (Lipinski definition) is 9. The quantitative estimate of drug-likeness (QED) is 0.150. The average Bonchev–Trinajstić information content (AvgIpc) is 3.93. The molecule has 0 radical (unpaired) electrons. The van der Waals surface area contributed by atoms with E-state index in [9.17, 15) is 18.0 Å². The van der Waals surface area contributed by atoms with Crippen molar-refractivity contribution in [2.75, 3.05) is 58.4 Å². The Morgan fingerprint density at radius 2 is 1.77 bits per heavy atom. The first-order valence-electron chi connectivity index (χ1n) is 18.1. The lowest BCUT2D eigenvalue weighted by Gasteiger charge is -2.36. The summed E-state index contributed by atoms with van der Waals surface area (Å²) in [7, 11) is 1.43. The Balaban J connectivity index is 1.03. The maximum Gasteiger partial charge on any atom is 0.453 e. The Labute approximate surface area is 305 Å². The van der Waals surface area contributed by atoms with Crippen LogP contribution in [0.4, 0.5) is 19.1 Å². The molecule has 0 spiro atoms. The van der Waals surface area contributed by atoms with Gasteiger partial charge in [-0.15, -0.1) is 5.10 Å². The maximum atomic E-state index is 14.1. The number of nitrogens with zero attached hydrogens (tertiary/aromatic N) is 8. The molecule has 1 unspecified atom stereocenters. The highest BCUT2D eigenvalue weighted by molar-refractivity contribution is 5.98. The summed E-state index contributed by atoms with van der Waals surface area (Å²) in [4.78, 5) is 23.3. The van der Waals surface area contributed by atoms with Crippen molar-refractivity contribution in [2.45, 2.75) is 56.8 Å². The number of hydrogen-bond donors (Lipinski definition) is 1. The van der Waals surface area contributed by atoms with E-state index in [1.807, 2.05) is 43.3 Å². The Hall–Kier alpha value is -5.02. The number of anilines is 1. The van der Waals surface area contributed by atoms with Crippen molar-refractivity contribution in [3.05, 3.63) is 89.7 Å². The van der Waals surface area contributed by atoms with Crippen LogP contribution in [0.1, 0.15) is 54.4 Å². The number of nitrogens with one attached hydrogen (secondary N) is 1. The van der Waals surface area contributed by atoms with E-state index >= 15 is 0 Å². The van der Waals surface area contributed by atoms with Crippen molar-refractivity contribution in [3.8, 4) is 11.4 Å². The van der Waals surface area contributed by atoms with Crippen molar-refractivity contribution in [1.29, 1.82) is 0 Å². The standard InChI is InChI=1S/C38H44F3N9O3/c1-3-53-24-23-49-32-12-8-7-11-31(32)43-36(49)42-28-15-19-47(20-16-28)21-17-37(27-9-5-4-6-10-27)18-22-48(26-37)34(51)30-25-29(13-14-33(30)52-2)50-35(38(39,40)41)44-45-46-50/h4-14,25,28H,3,15-24,26H2,1-2H3,(H,42,43). The van der Waals surface area contributed by atoms with Crippen LogP contribution in [0.2, 0.25) is 0 Å². The summed E-state index contributed by atoms with van der Waals surface area (Å²) in [5.41, 5.74) is 3.10. The molecule has 1 amide bonds. The molecular formula is C38H44F3N9O3. The molecular weight excluding hydrogens is 687 g/mol. The molecule has 12 nitrogen and oxygen atoms in total. The molecule has 1 N–H and O–H groups in total. The van der Waals surface area contributed by atoms with Gasteiger partial charge in [-0.05, 0) is 85.5 Å². The third kappa shape index (κ3) is 7.72. The van der Waals surface area contributed by atoms with Gasteiger partial charge in [-0.25, -0.2) is 4.98 Å². The van der Waals surface area contributed by atoms with E-state index in [1.165, 1.54) is 30.9 Å². The third-order valence-corrected chi connectivity index (χ3v) is 10.6. The van der Waals surface area contributed by atoms with Gasteiger partial charge in [0.25, 0.3) is 11.7 Å². The zero-order valence-corrected chi connectivity index (χ0v) is 29.9. The van der Waals surface area contributed by atoms with Crippen LogP contribution in [-0.4, -0.2) is 105 Å². The summed E-state index contributed by atoms with van der Waals surface area (Å²) >= 11 is 0. The SMILES string of the molecule is CCOCCn1c(NC2CCN(CCC3(c4ccccc4)CCN(C(=O)c4cc(-n5nnnc5C(F)(F)F)ccc4OC)C3)CC2)nc2ccccc21. The second kappa shape index (κ2) is 15.5. The zero-order chi connectivity index (χ0) is 37.0. The molecule has 2 saturated heterocycles. The molecule has 2 aromatic heterocycles. The maximum absolute atomic E-state index is 14.1. The fourth-order valence-corrected chi connectivity index (χ4v) is 7.69. The minimum Gasteiger partial charge on any atom is -0.496 e. The minimum atomic E-state index is -4.77. The van der Waals surface area contributed by atoms with Crippen molar-refractivity contribution in [3.63, 3.8) is 0 Å². The van der Waals surface area contributed by atoms with Gasteiger partial charge in [0.05, 0.1) is 36.0 Å². The third-order valence-electron chi connectivity index (χ3n) is 10.6. The van der Waals surface area contributed by atoms with Crippen LogP contribution >= 0.6 is 0 Å². The molecule has 2 aliphatic heterocycles. The minimum absolute atomic E-state index is 0.0145. The van der Waals surface area contributed by atoms with Crippen LogP contribution in [0.15, 0.2) is 72.8 Å². The predicted octanol–water partition coefficient (Wildman–Crippen LogP) is 5.83. The number of halogens is 3. The van der Waals surface area contributed by atoms with Crippen LogP contribution < -0.4 is 10.1 Å². The van der Waals surface area contributed by atoms with Gasteiger partial charge in [-0.1, -0.05) is 42.5 Å². The number of fused-ring (bicyclic) bond motifs is 1. The number of alkyl halides is 3. The first-order chi connectivity index (χ1) is 25.7. The molecule has 53 heavy (non-hydrogen) atoms. The van der Waals surface area contributed by atoms with Gasteiger partial charge in [-0.3, -0.25) is 4.79 Å². The number of carbonyl (C=O) groups is 1. The molecule has 2 aliphatic rings. The van der Waals surface area contributed by atoms with Gasteiger partial charge in [0.2, 0.25) is 5.95 Å². The highest BCUT2D eigenvalue weighted by atomic mass is 19.4. The number of rotatable bonds is 13. The lowest BCUT2D eigenvalue weighted by Crippen LogP contribution is -2.42. The lowest BCUT2D eigenvalue weighted by atomic mass is 9.76. The summed E-state index contributed by atoms with van der Waals surface area (Å²) < 4.78 is 54.8. The summed E-state index contributed by atoms with van der Waals surface area (Å²) in [5.74, 6) is -0.451. The van der Waals surface area contributed by atoms with E-state index in [-0.39, 0.29) is 28.3 Å². The summed E-state index contributed by atoms with van der Waals surface area (Å²) in [6.07, 6.45) is -1.21. The summed E-state index contributed by atoms with van der Waals surface area (Å²) in [6.45, 7) is 7.74. The van der Waals surface area contributed by atoms with Gasteiger partial charge < -0.3 is 29.2 Å². The summed E-state index contributed by atoms with van der Waals surface area (Å²) in [5, 5.41) is 13.6. The number of tetrazole rings is 1. The van der Waals surface area contributed by atoms with Gasteiger partial charge in [0.15, 0.2) is 0 Å². The molecule has 15 heteroatoms. The molecule has 7 rings (SSSR count). The highest BCUT2D eigenvalue weighted by Gasteiger charge is 2.43. The number of likely N-dealkylation sites (tertiary alicyclic amines) is 2. The fraction of sp³-hybridized carbons (Fsp3) is 0.447. The Morgan fingerprint density at radius 1 is 1.00 bits per heavy atom. The Morgan fingerprint density at radius 3 is 2.53 bits per heavy atom. The molecule has 0 aliphatic carbocycles. The van der Waals surface area contributed by atoms with Crippen molar-refractivity contribution < 1.29 is 27.4 Å². The van der Waals surface area contributed by atoms with Crippen LogP contribution in [0, 0.1) is 0 Å². The fourth-order valence-electron chi connectivity index (χ4n) is 7.69. The predicted molar refractivity (Wildman–Crippen MR) is 193 cm³/mol. The van der Waals surface area contributed by atoms with Crippen LogP contribution in [0.25, 0.3) is 16.7 Å². The van der Waals surface area contributed by atoms with Crippen molar-refractivity contribution >= 4 is 22.9 Å². The summed E-state index contributed by atoms with van der Waals surface area (Å²) in [6, 6.07) is 23.0. The van der Waals surface area contributed by atoms with Gasteiger partial charge in [0, 0.05) is 50.8 Å². The number of methoxy groups -OCH3 is 1. The number of para-hydroxylation sites is 2.